The van der Waals surface area contributed by atoms with Crippen molar-refractivity contribution in [3.05, 3.63) is 64.7 Å². The van der Waals surface area contributed by atoms with Gasteiger partial charge in [0.25, 0.3) is 0 Å². The number of nitrogens with two attached hydrogens (primary N) is 1. The third-order valence-corrected chi connectivity index (χ3v) is 3.12. The van der Waals surface area contributed by atoms with Crippen LogP contribution in [-0.4, -0.2) is 4.98 Å². The third kappa shape index (κ3) is 2.85. The van der Waals surface area contributed by atoms with Crippen molar-refractivity contribution in [3.63, 3.8) is 0 Å². The van der Waals surface area contributed by atoms with Crippen LogP contribution in [-0.2, 0) is 6.42 Å². The molecule has 0 fully saturated rings. The van der Waals surface area contributed by atoms with Crippen LogP contribution in [0.1, 0.15) is 17.2 Å². The van der Waals surface area contributed by atoms with E-state index in [2.05, 4.69) is 10.4 Å². The van der Waals surface area contributed by atoms with Gasteiger partial charge in [-0.2, -0.15) is 0 Å². The fourth-order valence-electron chi connectivity index (χ4n) is 1.80. The third-order valence-electron chi connectivity index (χ3n) is 2.72. The van der Waals surface area contributed by atoms with Crippen LogP contribution in [0, 0.1) is 5.82 Å². The van der Waals surface area contributed by atoms with Gasteiger partial charge in [-0.25, -0.2) is 4.39 Å². The Morgan fingerprint density at radius 3 is 2.83 bits per heavy atom. The standard InChI is InChI=1S/C13H13ClFN3/c14-13-10(4-1-5-11(13)15)12(18-16)7-9-3-2-6-17-8-9/h1-6,8,12,18H,7,16H2. The largest absolute Gasteiger partial charge is 0.271 e. The van der Waals surface area contributed by atoms with Gasteiger partial charge in [-0.3, -0.25) is 16.3 Å². The maximum absolute atomic E-state index is 13.4. The predicted octanol–water partition coefficient (Wildman–Crippen LogP) is 2.62. The number of hydrogen-bond acceptors (Lipinski definition) is 3. The second kappa shape index (κ2) is 5.91. The summed E-state index contributed by atoms with van der Waals surface area (Å²) in [6.45, 7) is 0. The van der Waals surface area contributed by atoms with Gasteiger partial charge in [0.15, 0.2) is 0 Å². The molecule has 0 bridgehead atoms. The Kier molecular flexibility index (Phi) is 4.25. The number of hydrazine groups is 1. The molecule has 1 aromatic carbocycles. The maximum atomic E-state index is 13.4. The van der Waals surface area contributed by atoms with E-state index in [4.69, 9.17) is 17.4 Å². The van der Waals surface area contributed by atoms with E-state index < -0.39 is 5.82 Å². The van der Waals surface area contributed by atoms with E-state index >= 15 is 0 Å². The zero-order valence-electron chi connectivity index (χ0n) is 9.61. The zero-order chi connectivity index (χ0) is 13.0. The molecule has 0 amide bonds. The number of nitrogens with zero attached hydrogens (tertiary/aromatic N) is 1. The molecule has 0 saturated carbocycles. The monoisotopic (exact) mass is 265 g/mol. The number of hydrogen-bond donors (Lipinski definition) is 2. The summed E-state index contributed by atoms with van der Waals surface area (Å²) in [6, 6.07) is 8.22. The molecule has 0 radical (unpaired) electrons. The van der Waals surface area contributed by atoms with Crippen LogP contribution in [0.2, 0.25) is 5.02 Å². The average molecular weight is 266 g/mol. The van der Waals surface area contributed by atoms with E-state index in [-0.39, 0.29) is 11.1 Å². The average Bonchev–Trinajstić information content (AvgIpc) is 2.41. The Morgan fingerprint density at radius 2 is 2.17 bits per heavy atom. The number of benzene rings is 1. The lowest BCUT2D eigenvalue weighted by molar-refractivity contribution is 0.544. The molecule has 3 N–H and O–H groups in total. The minimum absolute atomic E-state index is 0.101. The summed E-state index contributed by atoms with van der Waals surface area (Å²) in [5.41, 5.74) is 4.30. The Hall–Kier alpha value is -1.49. The van der Waals surface area contributed by atoms with E-state index in [1.807, 2.05) is 12.1 Å². The molecule has 2 rings (SSSR count). The van der Waals surface area contributed by atoms with Gasteiger partial charge in [0.2, 0.25) is 0 Å². The SMILES string of the molecule is NNC(Cc1cccnc1)c1cccc(F)c1Cl. The van der Waals surface area contributed by atoms with Crippen molar-refractivity contribution >= 4 is 11.6 Å². The molecule has 0 aliphatic carbocycles. The van der Waals surface area contributed by atoms with Crippen molar-refractivity contribution in [2.45, 2.75) is 12.5 Å². The van der Waals surface area contributed by atoms with Crippen LogP contribution in [0.25, 0.3) is 0 Å². The van der Waals surface area contributed by atoms with Crippen molar-refractivity contribution in [2.75, 3.05) is 0 Å². The molecule has 0 aliphatic rings. The maximum Gasteiger partial charge on any atom is 0.142 e. The van der Waals surface area contributed by atoms with Crippen LogP contribution in [0.5, 0.6) is 0 Å². The number of rotatable bonds is 4. The first kappa shape index (κ1) is 13.0. The lowest BCUT2D eigenvalue weighted by Crippen LogP contribution is -2.30. The highest BCUT2D eigenvalue weighted by Crippen LogP contribution is 2.27. The number of nitrogens with one attached hydrogen (secondary N) is 1. The van der Waals surface area contributed by atoms with Gasteiger partial charge in [-0.05, 0) is 29.7 Å². The summed E-state index contributed by atoms with van der Waals surface area (Å²) in [6.07, 6.45) is 4.04. The molecule has 0 spiro atoms. The van der Waals surface area contributed by atoms with Crippen LogP contribution in [0.3, 0.4) is 0 Å². The zero-order valence-corrected chi connectivity index (χ0v) is 10.4. The normalized spacial score (nSPS) is 12.4. The van der Waals surface area contributed by atoms with E-state index in [1.54, 1.807) is 24.5 Å². The van der Waals surface area contributed by atoms with Gasteiger partial charge < -0.3 is 0 Å². The van der Waals surface area contributed by atoms with Gasteiger partial charge in [0.1, 0.15) is 5.82 Å². The lowest BCUT2D eigenvalue weighted by atomic mass is 10.0. The Labute approximate surface area is 110 Å². The summed E-state index contributed by atoms with van der Waals surface area (Å²) < 4.78 is 13.4. The Balaban J connectivity index is 2.26. The van der Waals surface area contributed by atoms with Crippen molar-refractivity contribution < 1.29 is 4.39 Å². The van der Waals surface area contributed by atoms with E-state index in [0.29, 0.717) is 12.0 Å². The van der Waals surface area contributed by atoms with Crippen molar-refractivity contribution in [1.29, 1.82) is 0 Å². The number of aromatic nitrogens is 1. The van der Waals surface area contributed by atoms with Crippen LogP contribution in [0.15, 0.2) is 42.7 Å². The molecule has 1 atom stereocenters. The summed E-state index contributed by atoms with van der Waals surface area (Å²) in [4.78, 5) is 4.03. The van der Waals surface area contributed by atoms with Crippen molar-refractivity contribution in [2.24, 2.45) is 5.84 Å². The molecule has 0 saturated heterocycles. The summed E-state index contributed by atoms with van der Waals surface area (Å²) in [5.74, 6) is 5.08. The lowest BCUT2D eigenvalue weighted by Gasteiger charge is -2.17. The van der Waals surface area contributed by atoms with E-state index in [1.165, 1.54) is 6.07 Å². The second-order valence-corrected chi connectivity index (χ2v) is 4.31. The highest BCUT2D eigenvalue weighted by molar-refractivity contribution is 6.31. The van der Waals surface area contributed by atoms with Gasteiger partial charge in [-0.1, -0.05) is 29.8 Å². The fraction of sp³-hybridized carbons (Fsp3) is 0.154. The quantitative estimate of drug-likeness (QED) is 0.660. The molecule has 1 heterocycles. The van der Waals surface area contributed by atoms with Gasteiger partial charge in [0.05, 0.1) is 11.1 Å². The topological polar surface area (TPSA) is 50.9 Å². The Morgan fingerprint density at radius 1 is 1.33 bits per heavy atom. The first-order chi connectivity index (χ1) is 8.72. The molecule has 1 aromatic heterocycles. The number of halogens is 2. The molecule has 5 heteroatoms. The molecule has 0 aliphatic heterocycles. The Bertz CT molecular complexity index is 519. The summed E-state index contributed by atoms with van der Waals surface area (Å²) in [7, 11) is 0. The van der Waals surface area contributed by atoms with Gasteiger partial charge in [0, 0.05) is 12.4 Å². The number of pyridine rings is 1. The molecular formula is C13H13ClFN3. The second-order valence-electron chi connectivity index (χ2n) is 3.93. The van der Waals surface area contributed by atoms with Crippen molar-refractivity contribution in [3.8, 4) is 0 Å². The molecule has 1 unspecified atom stereocenters. The molecular weight excluding hydrogens is 253 g/mol. The highest BCUT2D eigenvalue weighted by atomic mass is 35.5. The van der Waals surface area contributed by atoms with Gasteiger partial charge >= 0.3 is 0 Å². The molecule has 3 nitrogen and oxygen atoms in total. The van der Waals surface area contributed by atoms with E-state index in [0.717, 1.165) is 5.56 Å². The molecule has 94 valence electrons. The van der Waals surface area contributed by atoms with Crippen LogP contribution < -0.4 is 11.3 Å². The minimum atomic E-state index is -0.444. The minimum Gasteiger partial charge on any atom is -0.271 e. The van der Waals surface area contributed by atoms with Crippen LogP contribution in [0.4, 0.5) is 4.39 Å². The first-order valence-corrected chi connectivity index (χ1v) is 5.89. The van der Waals surface area contributed by atoms with E-state index in [9.17, 15) is 4.39 Å². The molecule has 2 aromatic rings. The summed E-state index contributed by atoms with van der Waals surface area (Å²) in [5, 5.41) is 0.101. The molecule has 18 heavy (non-hydrogen) atoms. The predicted molar refractivity (Wildman–Crippen MR) is 69.4 cm³/mol. The smallest absolute Gasteiger partial charge is 0.142 e. The van der Waals surface area contributed by atoms with Crippen LogP contribution >= 0.6 is 11.6 Å². The van der Waals surface area contributed by atoms with Crippen molar-refractivity contribution in [1.82, 2.24) is 10.4 Å². The highest BCUT2D eigenvalue weighted by Gasteiger charge is 2.16. The first-order valence-electron chi connectivity index (χ1n) is 5.51. The fourth-order valence-corrected chi connectivity index (χ4v) is 2.06. The van der Waals surface area contributed by atoms with Gasteiger partial charge in [-0.15, -0.1) is 0 Å². The summed E-state index contributed by atoms with van der Waals surface area (Å²) >= 11 is 5.95.